The van der Waals surface area contributed by atoms with Crippen LogP contribution in [0.25, 0.3) is 0 Å². The van der Waals surface area contributed by atoms with E-state index in [-0.39, 0.29) is 0 Å². The number of hydrogen-bond acceptors (Lipinski definition) is 6. The zero-order valence-electron chi connectivity index (χ0n) is 15.2. The van der Waals surface area contributed by atoms with Gasteiger partial charge in [-0.05, 0) is 43.4 Å². The van der Waals surface area contributed by atoms with Crippen LogP contribution in [0.4, 0.5) is 11.6 Å². The molecule has 0 amide bonds. The van der Waals surface area contributed by atoms with Gasteiger partial charge in [-0.25, -0.2) is 9.97 Å². The van der Waals surface area contributed by atoms with Crippen LogP contribution in [0.1, 0.15) is 24.0 Å². The minimum Gasteiger partial charge on any atom is -0.494 e. The van der Waals surface area contributed by atoms with Gasteiger partial charge < -0.3 is 14.5 Å². The first-order valence-corrected chi connectivity index (χ1v) is 9.08. The topological polar surface area (TPSA) is 65.3 Å². The molecule has 6 heteroatoms. The van der Waals surface area contributed by atoms with Crippen LogP contribution in [0.2, 0.25) is 0 Å². The molecule has 0 radical (unpaired) electrons. The van der Waals surface area contributed by atoms with Gasteiger partial charge in [0.15, 0.2) is 5.75 Å². The number of fused-ring (bicyclic) bond motifs is 1. The highest BCUT2D eigenvalue weighted by Crippen LogP contribution is 2.37. The lowest BCUT2D eigenvalue weighted by Crippen LogP contribution is -2.49. The van der Waals surface area contributed by atoms with Crippen LogP contribution in [0.3, 0.4) is 0 Å². The van der Waals surface area contributed by atoms with Gasteiger partial charge in [0.25, 0.3) is 0 Å². The van der Waals surface area contributed by atoms with Crippen LogP contribution in [0, 0.1) is 24.2 Å². The average molecular weight is 349 g/mol. The first-order chi connectivity index (χ1) is 12.7. The Labute approximate surface area is 154 Å². The molecule has 2 aromatic rings. The highest BCUT2D eigenvalue weighted by atomic mass is 16.5. The molecule has 4 rings (SSSR count). The molecule has 6 nitrogen and oxygen atoms in total. The van der Waals surface area contributed by atoms with Crippen LogP contribution >= 0.6 is 0 Å². The first-order valence-electron chi connectivity index (χ1n) is 9.08. The monoisotopic (exact) mass is 349 g/mol. The molecule has 0 spiro atoms. The van der Waals surface area contributed by atoms with E-state index in [1.54, 1.807) is 19.5 Å². The van der Waals surface area contributed by atoms with E-state index in [4.69, 9.17) is 4.74 Å². The van der Waals surface area contributed by atoms with Crippen molar-refractivity contribution in [1.29, 1.82) is 5.26 Å². The van der Waals surface area contributed by atoms with Gasteiger partial charge in [0.2, 0.25) is 5.95 Å². The summed E-state index contributed by atoms with van der Waals surface area (Å²) in [5.74, 6) is 2.09. The van der Waals surface area contributed by atoms with E-state index >= 15 is 0 Å². The molecular weight excluding hydrogens is 326 g/mol. The number of anilines is 2. The molecular formula is C20H23N5O. The van der Waals surface area contributed by atoms with Gasteiger partial charge >= 0.3 is 0 Å². The third kappa shape index (κ3) is 2.94. The van der Waals surface area contributed by atoms with Crippen molar-refractivity contribution < 1.29 is 4.74 Å². The quantitative estimate of drug-likeness (QED) is 0.849. The molecule has 0 bridgehead atoms. The second kappa shape index (κ2) is 6.83. The Balaban J connectivity index is 1.59. The van der Waals surface area contributed by atoms with Gasteiger partial charge in [-0.15, -0.1) is 0 Å². The summed E-state index contributed by atoms with van der Waals surface area (Å²) in [6.07, 6.45) is 5.75. The number of benzene rings is 1. The van der Waals surface area contributed by atoms with Crippen molar-refractivity contribution in [3.8, 4) is 11.8 Å². The van der Waals surface area contributed by atoms with Crippen LogP contribution in [0.5, 0.6) is 5.75 Å². The summed E-state index contributed by atoms with van der Waals surface area (Å²) in [5, 5.41) is 9.53. The van der Waals surface area contributed by atoms with Crippen molar-refractivity contribution in [3.63, 3.8) is 0 Å². The van der Waals surface area contributed by atoms with E-state index in [2.05, 4.69) is 38.8 Å². The molecule has 1 aromatic heterocycles. The van der Waals surface area contributed by atoms with Gasteiger partial charge in [-0.3, -0.25) is 0 Å². The highest BCUT2D eigenvalue weighted by molar-refractivity contribution is 5.62. The van der Waals surface area contributed by atoms with Gasteiger partial charge in [-0.1, -0.05) is 6.07 Å². The summed E-state index contributed by atoms with van der Waals surface area (Å²) >= 11 is 0. The third-order valence-electron chi connectivity index (χ3n) is 5.58. The predicted molar refractivity (Wildman–Crippen MR) is 101 cm³/mol. The summed E-state index contributed by atoms with van der Waals surface area (Å²) in [6, 6.07) is 8.84. The van der Waals surface area contributed by atoms with Crippen molar-refractivity contribution in [2.45, 2.75) is 25.8 Å². The van der Waals surface area contributed by atoms with Gasteiger partial charge in [0.1, 0.15) is 6.07 Å². The molecule has 0 aliphatic carbocycles. The van der Waals surface area contributed by atoms with Crippen LogP contribution in [0.15, 0.2) is 30.6 Å². The molecule has 2 saturated heterocycles. The summed E-state index contributed by atoms with van der Waals surface area (Å²) < 4.78 is 5.16. The second-order valence-electron chi connectivity index (χ2n) is 7.10. The van der Waals surface area contributed by atoms with Crippen LogP contribution < -0.4 is 14.5 Å². The maximum absolute atomic E-state index is 9.53. The Morgan fingerprint density at radius 1 is 1.19 bits per heavy atom. The van der Waals surface area contributed by atoms with Crippen molar-refractivity contribution >= 4 is 11.6 Å². The van der Waals surface area contributed by atoms with E-state index in [1.807, 2.05) is 12.1 Å². The first kappa shape index (κ1) is 16.6. The second-order valence-corrected chi connectivity index (χ2v) is 7.10. The standard InChI is InChI=1S/C20H23N5O/c1-14-3-4-16(10-21)18(9-14)25-8-6-15-5-7-24(13-19(15)25)20-22-11-17(26-2)12-23-20/h3-4,9,11-12,15,19H,5-8,13H2,1-2H3. The van der Waals surface area contributed by atoms with Gasteiger partial charge in [0.05, 0.1) is 30.8 Å². The molecule has 2 aliphatic rings. The third-order valence-corrected chi connectivity index (χ3v) is 5.58. The van der Waals surface area contributed by atoms with Crippen molar-refractivity contribution in [2.75, 3.05) is 36.5 Å². The lowest BCUT2D eigenvalue weighted by atomic mass is 9.92. The zero-order chi connectivity index (χ0) is 18.1. The summed E-state index contributed by atoms with van der Waals surface area (Å²) in [6.45, 7) is 4.94. The van der Waals surface area contributed by atoms with Crippen molar-refractivity contribution in [1.82, 2.24) is 9.97 Å². The Kier molecular flexibility index (Phi) is 4.37. The molecule has 134 valence electrons. The maximum Gasteiger partial charge on any atom is 0.225 e. The summed E-state index contributed by atoms with van der Waals surface area (Å²) in [5.41, 5.74) is 3.01. The molecule has 26 heavy (non-hydrogen) atoms. The van der Waals surface area contributed by atoms with Crippen molar-refractivity contribution in [2.24, 2.45) is 5.92 Å². The normalized spacial score (nSPS) is 22.0. The predicted octanol–water partition coefficient (Wildman–Crippen LogP) is 2.77. The molecule has 0 saturated carbocycles. The van der Waals surface area contributed by atoms with Crippen LogP contribution in [-0.2, 0) is 0 Å². The van der Waals surface area contributed by atoms with E-state index < -0.39 is 0 Å². The Bertz CT molecular complexity index is 829. The number of aryl methyl sites for hydroxylation is 1. The average Bonchev–Trinajstić information content (AvgIpc) is 3.11. The SMILES string of the molecule is COc1cnc(N2CCC3CCN(c4cc(C)ccc4C#N)C3C2)nc1. The Morgan fingerprint density at radius 2 is 1.96 bits per heavy atom. The number of aromatic nitrogens is 2. The lowest BCUT2D eigenvalue weighted by molar-refractivity contribution is 0.385. The molecule has 2 fully saturated rings. The fourth-order valence-electron chi connectivity index (χ4n) is 4.17. The van der Waals surface area contributed by atoms with Crippen LogP contribution in [-0.4, -0.2) is 42.8 Å². The summed E-state index contributed by atoms with van der Waals surface area (Å²) in [7, 11) is 1.62. The lowest BCUT2D eigenvalue weighted by Gasteiger charge is -2.39. The zero-order valence-corrected chi connectivity index (χ0v) is 15.2. The Morgan fingerprint density at radius 3 is 2.69 bits per heavy atom. The van der Waals surface area contributed by atoms with Gasteiger partial charge in [-0.2, -0.15) is 5.26 Å². The molecule has 0 N–H and O–H groups in total. The largest absolute Gasteiger partial charge is 0.494 e. The van der Waals surface area contributed by atoms with Crippen molar-refractivity contribution in [3.05, 3.63) is 41.7 Å². The fourth-order valence-corrected chi connectivity index (χ4v) is 4.17. The number of piperidine rings is 1. The molecule has 3 heterocycles. The number of nitrogens with zero attached hydrogens (tertiary/aromatic N) is 5. The van der Waals surface area contributed by atoms with E-state index in [0.29, 0.717) is 17.7 Å². The molecule has 1 aromatic carbocycles. The smallest absolute Gasteiger partial charge is 0.225 e. The molecule has 2 unspecified atom stereocenters. The van der Waals surface area contributed by atoms with Gasteiger partial charge in [0, 0.05) is 25.7 Å². The number of methoxy groups -OCH3 is 1. The molecule has 2 atom stereocenters. The molecule has 2 aliphatic heterocycles. The minimum absolute atomic E-state index is 0.392. The Hall–Kier alpha value is -2.81. The fraction of sp³-hybridized carbons (Fsp3) is 0.450. The van der Waals surface area contributed by atoms with E-state index in [0.717, 1.165) is 43.3 Å². The van der Waals surface area contributed by atoms with E-state index in [9.17, 15) is 5.26 Å². The van der Waals surface area contributed by atoms with E-state index in [1.165, 1.54) is 12.0 Å². The maximum atomic E-state index is 9.53. The number of rotatable bonds is 3. The number of nitriles is 1. The number of ether oxygens (including phenoxy) is 1. The number of hydrogen-bond donors (Lipinski definition) is 0. The minimum atomic E-state index is 0.392. The summed E-state index contributed by atoms with van der Waals surface area (Å²) in [4.78, 5) is 13.6. The highest BCUT2D eigenvalue weighted by Gasteiger charge is 2.39.